The zero-order chi connectivity index (χ0) is 9.61. The van der Waals surface area contributed by atoms with Gasteiger partial charge in [0.25, 0.3) is 0 Å². The SMILES string of the molecule is CCCC(=O)NS(=O)(=O)CCCl. The molecule has 1 N–H and O–H groups in total. The van der Waals surface area contributed by atoms with Crippen LogP contribution in [0.1, 0.15) is 19.8 Å². The highest BCUT2D eigenvalue weighted by atomic mass is 35.5. The molecule has 1 amide bonds. The lowest BCUT2D eigenvalue weighted by Crippen LogP contribution is -2.32. The highest BCUT2D eigenvalue weighted by molar-refractivity contribution is 7.90. The Morgan fingerprint density at radius 2 is 2.08 bits per heavy atom. The Hall–Kier alpha value is -0.290. The molecule has 0 spiro atoms. The van der Waals surface area contributed by atoms with Gasteiger partial charge in [-0.1, -0.05) is 6.92 Å². The van der Waals surface area contributed by atoms with Crippen LogP contribution in [0.2, 0.25) is 0 Å². The summed E-state index contributed by atoms with van der Waals surface area (Å²) in [5.74, 6) is -0.693. The molecular formula is C6H12ClNO3S. The Morgan fingerprint density at radius 3 is 2.50 bits per heavy atom. The van der Waals surface area contributed by atoms with Gasteiger partial charge in [0.2, 0.25) is 15.9 Å². The van der Waals surface area contributed by atoms with Gasteiger partial charge >= 0.3 is 0 Å². The summed E-state index contributed by atoms with van der Waals surface area (Å²) in [4.78, 5) is 10.8. The van der Waals surface area contributed by atoms with Gasteiger partial charge in [-0.2, -0.15) is 0 Å². The van der Waals surface area contributed by atoms with Crippen LogP contribution in [-0.2, 0) is 14.8 Å². The van der Waals surface area contributed by atoms with Gasteiger partial charge in [0.15, 0.2) is 0 Å². The van der Waals surface area contributed by atoms with Gasteiger partial charge in [0, 0.05) is 12.3 Å². The average molecular weight is 214 g/mol. The molecule has 0 aliphatic carbocycles. The first kappa shape index (κ1) is 11.7. The third-order valence-corrected chi connectivity index (χ3v) is 2.79. The van der Waals surface area contributed by atoms with E-state index in [1.165, 1.54) is 0 Å². The molecule has 0 bridgehead atoms. The van der Waals surface area contributed by atoms with Crippen LogP contribution in [0.3, 0.4) is 0 Å². The first-order valence-corrected chi connectivity index (χ1v) is 5.79. The second kappa shape index (κ2) is 5.37. The van der Waals surface area contributed by atoms with E-state index < -0.39 is 15.9 Å². The summed E-state index contributed by atoms with van der Waals surface area (Å²) in [5, 5.41) is 0. The summed E-state index contributed by atoms with van der Waals surface area (Å²) < 4.78 is 23.7. The van der Waals surface area contributed by atoms with Gasteiger partial charge in [-0.25, -0.2) is 8.42 Å². The molecule has 0 aliphatic heterocycles. The first-order valence-electron chi connectivity index (χ1n) is 3.61. The highest BCUT2D eigenvalue weighted by Crippen LogP contribution is 1.91. The highest BCUT2D eigenvalue weighted by Gasteiger charge is 2.12. The number of rotatable bonds is 5. The van der Waals surface area contributed by atoms with Crippen LogP contribution in [0.15, 0.2) is 0 Å². The topological polar surface area (TPSA) is 63.2 Å². The van der Waals surface area contributed by atoms with Gasteiger partial charge < -0.3 is 0 Å². The first-order chi connectivity index (χ1) is 5.52. The summed E-state index contributed by atoms with van der Waals surface area (Å²) >= 11 is 5.22. The molecule has 0 aromatic heterocycles. The number of carbonyl (C=O) groups is 1. The molecule has 0 rings (SSSR count). The largest absolute Gasteiger partial charge is 0.274 e. The second-order valence-electron chi connectivity index (χ2n) is 2.28. The molecule has 0 unspecified atom stereocenters. The van der Waals surface area contributed by atoms with E-state index in [1.807, 2.05) is 4.72 Å². The Bertz CT molecular complexity index is 237. The quantitative estimate of drug-likeness (QED) is 0.676. The standard InChI is InChI=1S/C6H12ClNO3S/c1-2-3-6(9)8-12(10,11)5-4-7/h2-5H2,1H3,(H,8,9). The lowest BCUT2D eigenvalue weighted by molar-refractivity contribution is -0.119. The van der Waals surface area contributed by atoms with Crippen LogP contribution in [0.25, 0.3) is 0 Å². The lowest BCUT2D eigenvalue weighted by atomic mass is 10.3. The number of hydrogen-bond acceptors (Lipinski definition) is 3. The van der Waals surface area contributed by atoms with Crippen LogP contribution in [-0.4, -0.2) is 26.0 Å². The van der Waals surface area contributed by atoms with Crippen molar-refractivity contribution in [1.29, 1.82) is 0 Å². The number of hydrogen-bond donors (Lipinski definition) is 1. The lowest BCUT2D eigenvalue weighted by Gasteiger charge is -2.03. The maximum absolute atomic E-state index is 10.9. The predicted octanol–water partition coefficient (Wildman–Crippen LogP) is 0.471. The fourth-order valence-corrected chi connectivity index (χ4v) is 1.97. The predicted molar refractivity (Wildman–Crippen MR) is 47.6 cm³/mol. The molecular weight excluding hydrogens is 202 g/mol. The van der Waals surface area contributed by atoms with Crippen molar-refractivity contribution in [1.82, 2.24) is 4.72 Å². The average Bonchev–Trinajstić information content (AvgIpc) is 1.85. The molecule has 0 fully saturated rings. The Balaban J connectivity index is 3.98. The summed E-state index contributed by atoms with van der Waals surface area (Å²) in [6, 6.07) is 0. The summed E-state index contributed by atoms with van der Waals surface area (Å²) in [7, 11) is -3.48. The summed E-state index contributed by atoms with van der Waals surface area (Å²) in [6.07, 6.45) is 0.851. The van der Waals surface area contributed by atoms with Crippen molar-refractivity contribution in [3.8, 4) is 0 Å². The Morgan fingerprint density at radius 1 is 1.50 bits per heavy atom. The Labute approximate surface area is 77.3 Å². The van der Waals surface area contributed by atoms with Crippen molar-refractivity contribution in [2.45, 2.75) is 19.8 Å². The van der Waals surface area contributed by atoms with Gasteiger partial charge in [0.1, 0.15) is 0 Å². The van der Waals surface area contributed by atoms with Crippen LogP contribution in [0, 0.1) is 0 Å². The minimum Gasteiger partial charge on any atom is -0.274 e. The van der Waals surface area contributed by atoms with Crippen LogP contribution in [0.5, 0.6) is 0 Å². The smallest absolute Gasteiger partial charge is 0.236 e. The van der Waals surface area contributed by atoms with Crippen molar-refractivity contribution < 1.29 is 13.2 Å². The maximum atomic E-state index is 10.9. The van der Waals surface area contributed by atoms with Crippen LogP contribution >= 0.6 is 11.6 Å². The van der Waals surface area contributed by atoms with Crippen molar-refractivity contribution >= 4 is 27.5 Å². The third kappa shape index (κ3) is 5.37. The molecule has 12 heavy (non-hydrogen) atoms. The molecule has 0 atom stereocenters. The second-order valence-corrected chi connectivity index (χ2v) is 4.50. The van der Waals surface area contributed by atoms with Crippen LogP contribution in [0.4, 0.5) is 0 Å². The number of nitrogens with one attached hydrogen (secondary N) is 1. The van der Waals surface area contributed by atoms with Gasteiger partial charge in [-0.15, -0.1) is 11.6 Å². The molecule has 0 saturated heterocycles. The minimum atomic E-state index is -3.48. The molecule has 0 aliphatic rings. The van der Waals surface area contributed by atoms with Gasteiger partial charge in [0.05, 0.1) is 5.75 Å². The monoisotopic (exact) mass is 213 g/mol. The van der Waals surface area contributed by atoms with Crippen molar-refractivity contribution in [3.05, 3.63) is 0 Å². The zero-order valence-electron chi connectivity index (χ0n) is 6.84. The molecule has 4 nitrogen and oxygen atoms in total. The number of amides is 1. The number of carbonyl (C=O) groups excluding carboxylic acids is 1. The van der Waals surface area contributed by atoms with E-state index in [2.05, 4.69) is 0 Å². The molecule has 6 heteroatoms. The van der Waals surface area contributed by atoms with E-state index in [0.717, 1.165) is 0 Å². The molecule has 72 valence electrons. The maximum Gasteiger partial charge on any atom is 0.236 e. The fourth-order valence-electron chi connectivity index (χ4n) is 0.604. The minimum absolute atomic E-state index is 0.00522. The van der Waals surface area contributed by atoms with Crippen molar-refractivity contribution in [3.63, 3.8) is 0 Å². The van der Waals surface area contributed by atoms with E-state index in [4.69, 9.17) is 11.6 Å². The van der Waals surface area contributed by atoms with E-state index in [0.29, 0.717) is 6.42 Å². The summed E-state index contributed by atoms with van der Waals surface area (Å²) in [6.45, 7) is 1.80. The Kier molecular flexibility index (Phi) is 5.24. The molecule has 0 aromatic rings. The number of alkyl halides is 1. The number of sulfonamides is 1. The fraction of sp³-hybridized carbons (Fsp3) is 0.833. The van der Waals surface area contributed by atoms with E-state index in [1.54, 1.807) is 6.92 Å². The van der Waals surface area contributed by atoms with Gasteiger partial charge in [-0.05, 0) is 6.42 Å². The zero-order valence-corrected chi connectivity index (χ0v) is 8.41. The van der Waals surface area contributed by atoms with Crippen molar-refractivity contribution in [2.24, 2.45) is 0 Å². The van der Waals surface area contributed by atoms with Crippen LogP contribution < -0.4 is 4.72 Å². The molecule has 0 aromatic carbocycles. The molecule has 0 saturated carbocycles. The molecule has 0 heterocycles. The van der Waals surface area contributed by atoms with Gasteiger partial charge in [-0.3, -0.25) is 9.52 Å². The summed E-state index contributed by atoms with van der Waals surface area (Å²) in [5.41, 5.74) is 0. The van der Waals surface area contributed by atoms with E-state index in [-0.39, 0.29) is 18.1 Å². The normalized spacial score (nSPS) is 11.2. The van der Waals surface area contributed by atoms with E-state index in [9.17, 15) is 13.2 Å². The van der Waals surface area contributed by atoms with Crippen molar-refractivity contribution in [2.75, 3.05) is 11.6 Å². The molecule has 0 radical (unpaired) electrons. The third-order valence-electron chi connectivity index (χ3n) is 1.09. The number of halogens is 1. The van der Waals surface area contributed by atoms with E-state index >= 15 is 0 Å².